The van der Waals surface area contributed by atoms with E-state index < -0.39 is 0 Å². The average Bonchev–Trinajstić information content (AvgIpc) is 2.37. The molecule has 0 aliphatic heterocycles. The van der Waals surface area contributed by atoms with Crippen LogP contribution in [0.1, 0.15) is 66.2 Å². The number of hydrogen-bond donors (Lipinski definition) is 0. The summed E-state index contributed by atoms with van der Waals surface area (Å²) in [7, 11) is 0. The molecule has 0 aromatic rings. The van der Waals surface area contributed by atoms with Gasteiger partial charge in [0.15, 0.2) is 0 Å². The molecule has 0 heteroatoms. The van der Waals surface area contributed by atoms with Crippen molar-refractivity contribution in [2.75, 3.05) is 0 Å². The highest BCUT2D eigenvalue weighted by atomic mass is 14.3. The maximum atomic E-state index is 2.42. The van der Waals surface area contributed by atoms with Gasteiger partial charge in [-0.1, -0.05) is 34.4 Å². The Kier molecular flexibility index (Phi) is 4.48. The molecule has 2 aliphatic rings. The fraction of sp³-hybridized carbons (Fsp3) is 0.667. The smallest absolute Gasteiger partial charge is 0.0163 e. The van der Waals surface area contributed by atoms with E-state index in [1.54, 1.807) is 22.3 Å². The van der Waals surface area contributed by atoms with Gasteiger partial charge in [0.25, 0.3) is 0 Å². The van der Waals surface area contributed by atoms with Crippen molar-refractivity contribution in [2.45, 2.75) is 66.2 Å². The third kappa shape index (κ3) is 3.16. The molecule has 0 saturated carbocycles. The second kappa shape index (κ2) is 5.91. The van der Waals surface area contributed by atoms with Gasteiger partial charge in [0, 0.05) is 0 Å². The van der Waals surface area contributed by atoms with Gasteiger partial charge in [0.1, 0.15) is 0 Å². The summed E-state index contributed by atoms with van der Waals surface area (Å²) in [4.78, 5) is 0. The maximum Gasteiger partial charge on any atom is -0.0163 e. The zero-order valence-electron chi connectivity index (χ0n) is 12.6. The molecule has 0 N–H and O–H groups in total. The molecule has 0 radical (unpaired) electrons. The Morgan fingerprint density at radius 3 is 1.56 bits per heavy atom. The monoisotopic (exact) mass is 244 g/mol. The average molecular weight is 244 g/mol. The van der Waals surface area contributed by atoms with E-state index in [0.29, 0.717) is 0 Å². The summed E-state index contributed by atoms with van der Waals surface area (Å²) in [6, 6.07) is 0. The van der Waals surface area contributed by atoms with Crippen LogP contribution in [-0.2, 0) is 0 Å². The molecule has 18 heavy (non-hydrogen) atoms. The largest absolute Gasteiger partial charge is 0.0856 e. The van der Waals surface area contributed by atoms with Gasteiger partial charge in [0.05, 0.1) is 0 Å². The van der Waals surface area contributed by atoms with Crippen LogP contribution in [0.25, 0.3) is 0 Å². The van der Waals surface area contributed by atoms with Gasteiger partial charge in [-0.25, -0.2) is 0 Å². The van der Waals surface area contributed by atoms with Crippen molar-refractivity contribution in [2.24, 2.45) is 11.8 Å². The van der Waals surface area contributed by atoms with Gasteiger partial charge in [-0.2, -0.15) is 0 Å². The summed E-state index contributed by atoms with van der Waals surface area (Å²) in [6.45, 7) is 9.38. The Morgan fingerprint density at radius 1 is 0.833 bits per heavy atom. The molecule has 0 amide bonds. The third-order valence-corrected chi connectivity index (χ3v) is 5.00. The highest BCUT2D eigenvalue weighted by molar-refractivity contribution is 5.22. The van der Waals surface area contributed by atoms with Gasteiger partial charge in [0.2, 0.25) is 0 Å². The first-order valence-electron chi connectivity index (χ1n) is 7.56. The van der Waals surface area contributed by atoms with E-state index in [4.69, 9.17) is 0 Å². The molecule has 0 fully saturated rings. The molecule has 0 aromatic carbocycles. The molecule has 0 bridgehead atoms. The van der Waals surface area contributed by atoms with Crippen LogP contribution in [0, 0.1) is 11.8 Å². The van der Waals surface area contributed by atoms with Crippen molar-refractivity contribution < 1.29 is 0 Å². The summed E-state index contributed by atoms with van der Waals surface area (Å²) in [5.74, 6) is 1.64. The lowest BCUT2D eigenvalue weighted by molar-refractivity contribution is 0.490. The predicted octanol–water partition coefficient (Wildman–Crippen LogP) is 5.82. The SMILES string of the molecule is CC1=CCCC(/C(C)=C(\C)C2CCC=C(C)C2)C1. The predicted molar refractivity (Wildman–Crippen MR) is 80.6 cm³/mol. The van der Waals surface area contributed by atoms with Gasteiger partial charge < -0.3 is 0 Å². The first kappa shape index (κ1) is 13.6. The molecule has 2 rings (SSSR count). The van der Waals surface area contributed by atoms with Crippen LogP contribution in [-0.4, -0.2) is 0 Å². The fourth-order valence-electron chi connectivity index (χ4n) is 3.59. The molecule has 2 aliphatic carbocycles. The molecule has 0 saturated heterocycles. The van der Waals surface area contributed by atoms with E-state index in [0.717, 1.165) is 11.8 Å². The lowest BCUT2D eigenvalue weighted by Gasteiger charge is -2.29. The van der Waals surface area contributed by atoms with Crippen LogP contribution < -0.4 is 0 Å². The Balaban J connectivity index is 2.09. The van der Waals surface area contributed by atoms with E-state index >= 15 is 0 Å². The zero-order valence-corrected chi connectivity index (χ0v) is 12.6. The summed E-state index contributed by atoms with van der Waals surface area (Å²) >= 11 is 0. The topological polar surface area (TPSA) is 0 Å². The third-order valence-electron chi connectivity index (χ3n) is 5.00. The van der Waals surface area contributed by atoms with Crippen LogP contribution in [0.15, 0.2) is 34.4 Å². The maximum absolute atomic E-state index is 2.42. The summed E-state index contributed by atoms with van der Waals surface area (Å²) < 4.78 is 0. The lowest BCUT2D eigenvalue weighted by Crippen LogP contribution is -2.14. The Labute approximate surface area is 113 Å². The molecule has 0 spiro atoms. The molecule has 2 unspecified atom stereocenters. The molecule has 0 nitrogen and oxygen atoms in total. The summed E-state index contributed by atoms with van der Waals surface area (Å²) in [5, 5.41) is 0. The Morgan fingerprint density at radius 2 is 1.22 bits per heavy atom. The minimum Gasteiger partial charge on any atom is -0.0856 e. The first-order valence-corrected chi connectivity index (χ1v) is 7.56. The van der Waals surface area contributed by atoms with E-state index in [1.165, 1.54) is 38.5 Å². The van der Waals surface area contributed by atoms with Gasteiger partial charge in [-0.3, -0.25) is 0 Å². The minimum absolute atomic E-state index is 0.821. The second-order valence-electron chi connectivity index (χ2n) is 6.42. The molecular formula is C18H28. The van der Waals surface area contributed by atoms with Crippen molar-refractivity contribution in [3.8, 4) is 0 Å². The standard InChI is InChI=1S/C18H28/c1-13-7-5-9-17(11-13)15(3)16(4)18-10-6-8-14(2)12-18/h7-8,17-18H,5-6,9-12H2,1-4H3/b16-15+. The highest BCUT2D eigenvalue weighted by Gasteiger charge is 2.21. The van der Waals surface area contributed by atoms with Crippen molar-refractivity contribution in [3.63, 3.8) is 0 Å². The van der Waals surface area contributed by atoms with Crippen LogP contribution in [0.4, 0.5) is 0 Å². The van der Waals surface area contributed by atoms with Crippen LogP contribution in [0.3, 0.4) is 0 Å². The molecule has 2 atom stereocenters. The Bertz CT molecular complexity index is 354. The number of hydrogen-bond acceptors (Lipinski definition) is 0. The number of allylic oxidation sites excluding steroid dienone is 6. The first-order chi connectivity index (χ1) is 8.58. The molecule has 0 aromatic heterocycles. The van der Waals surface area contributed by atoms with Crippen molar-refractivity contribution >= 4 is 0 Å². The molecular weight excluding hydrogens is 216 g/mol. The fourth-order valence-corrected chi connectivity index (χ4v) is 3.59. The minimum atomic E-state index is 0.821. The van der Waals surface area contributed by atoms with E-state index in [-0.39, 0.29) is 0 Å². The normalized spacial score (nSPS) is 30.4. The highest BCUT2D eigenvalue weighted by Crippen LogP contribution is 2.36. The van der Waals surface area contributed by atoms with Gasteiger partial charge in [-0.05, 0) is 78.1 Å². The lowest BCUT2D eigenvalue weighted by atomic mass is 9.77. The van der Waals surface area contributed by atoms with Crippen molar-refractivity contribution in [3.05, 3.63) is 34.4 Å². The van der Waals surface area contributed by atoms with Gasteiger partial charge in [-0.15, -0.1) is 0 Å². The van der Waals surface area contributed by atoms with E-state index in [1.807, 2.05) is 0 Å². The summed E-state index contributed by atoms with van der Waals surface area (Å²) in [6.07, 6.45) is 12.7. The Hall–Kier alpha value is -0.780. The molecule has 0 heterocycles. The van der Waals surface area contributed by atoms with Crippen molar-refractivity contribution in [1.82, 2.24) is 0 Å². The van der Waals surface area contributed by atoms with E-state index in [9.17, 15) is 0 Å². The van der Waals surface area contributed by atoms with Crippen LogP contribution in [0.5, 0.6) is 0 Å². The van der Waals surface area contributed by atoms with Crippen LogP contribution in [0.2, 0.25) is 0 Å². The van der Waals surface area contributed by atoms with E-state index in [2.05, 4.69) is 39.8 Å². The summed E-state index contributed by atoms with van der Waals surface area (Å²) in [5.41, 5.74) is 6.58. The van der Waals surface area contributed by atoms with Crippen LogP contribution >= 0.6 is 0 Å². The molecule has 100 valence electrons. The second-order valence-corrected chi connectivity index (χ2v) is 6.42. The zero-order chi connectivity index (χ0) is 13.1. The quantitative estimate of drug-likeness (QED) is 0.537. The van der Waals surface area contributed by atoms with Crippen molar-refractivity contribution in [1.29, 1.82) is 0 Å². The number of rotatable bonds is 2. The van der Waals surface area contributed by atoms with Gasteiger partial charge >= 0.3 is 0 Å².